The Morgan fingerprint density at radius 1 is 1.10 bits per heavy atom. The summed E-state index contributed by atoms with van der Waals surface area (Å²) in [5.74, 6) is 0.448. The summed E-state index contributed by atoms with van der Waals surface area (Å²) in [6.45, 7) is 3.38. The Balaban J connectivity index is 1.28. The molecule has 1 saturated heterocycles. The maximum absolute atomic E-state index is 12.6. The van der Waals surface area contributed by atoms with Crippen LogP contribution >= 0.6 is 0 Å². The molecule has 3 heterocycles. The van der Waals surface area contributed by atoms with Gasteiger partial charge in [-0.25, -0.2) is 9.97 Å². The van der Waals surface area contributed by atoms with Crippen LogP contribution in [0, 0.1) is 0 Å². The number of furan rings is 1. The van der Waals surface area contributed by atoms with E-state index in [2.05, 4.69) is 20.2 Å². The third kappa shape index (κ3) is 3.89. The third-order valence-electron chi connectivity index (χ3n) is 5.41. The second-order valence-corrected chi connectivity index (χ2v) is 7.52. The van der Waals surface area contributed by atoms with Crippen molar-refractivity contribution in [2.45, 2.75) is 0 Å². The first kappa shape index (κ1) is 19.3. The Morgan fingerprint density at radius 3 is 2.68 bits per heavy atom. The smallest absolute Gasteiger partial charge is 0.243 e. The lowest BCUT2D eigenvalue weighted by atomic mass is 10.2. The molecule has 0 aliphatic carbocycles. The van der Waals surface area contributed by atoms with Gasteiger partial charge in [0.1, 0.15) is 17.4 Å². The van der Waals surface area contributed by atoms with Crippen molar-refractivity contribution in [3.8, 4) is 0 Å². The Labute approximate surface area is 179 Å². The first-order valence-electron chi connectivity index (χ1n) is 10.2. The molecule has 0 radical (unpaired) electrons. The molecule has 1 aliphatic rings. The molecule has 1 N–H and O–H groups in total. The van der Waals surface area contributed by atoms with E-state index in [1.165, 1.54) is 6.33 Å². The summed E-state index contributed by atoms with van der Waals surface area (Å²) >= 11 is 0. The summed E-state index contributed by atoms with van der Waals surface area (Å²) in [6, 6.07) is 15.6. The number of anilines is 3. The first-order chi connectivity index (χ1) is 15.2. The van der Waals surface area contributed by atoms with Gasteiger partial charge in [0.2, 0.25) is 5.91 Å². The predicted molar refractivity (Wildman–Crippen MR) is 121 cm³/mol. The van der Waals surface area contributed by atoms with Crippen LogP contribution in [0.15, 0.2) is 59.3 Å². The second-order valence-electron chi connectivity index (χ2n) is 7.52. The van der Waals surface area contributed by atoms with Crippen LogP contribution in [0.3, 0.4) is 0 Å². The number of aromatic nitrogens is 2. The molecule has 158 valence electrons. The van der Waals surface area contributed by atoms with Crippen molar-refractivity contribution in [1.29, 1.82) is 0 Å². The lowest BCUT2D eigenvalue weighted by Crippen LogP contribution is -2.36. The zero-order valence-corrected chi connectivity index (χ0v) is 17.2. The zero-order chi connectivity index (χ0) is 21.2. The van der Waals surface area contributed by atoms with Crippen LogP contribution in [0.5, 0.6) is 0 Å². The highest BCUT2D eigenvalue weighted by molar-refractivity contribution is 6.06. The summed E-state index contributed by atoms with van der Waals surface area (Å²) in [7, 11) is 1.82. The summed E-state index contributed by atoms with van der Waals surface area (Å²) in [4.78, 5) is 25.4. The Morgan fingerprint density at radius 2 is 1.87 bits per heavy atom. The molecule has 31 heavy (non-hydrogen) atoms. The highest BCUT2D eigenvalue weighted by Gasteiger charge is 2.18. The topological polar surface area (TPSA) is 83.7 Å². The van der Waals surface area contributed by atoms with Crippen LogP contribution < -0.4 is 15.1 Å². The summed E-state index contributed by atoms with van der Waals surface area (Å²) in [5, 5.41) is 3.88. The second kappa shape index (κ2) is 8.23. The van der Waals surface area contributed by atoms with E-state index in [1.54, 1.807) is 4.90 Å². The van der Waals surface area contributed by atoms with Crippen molar-refractivity contribution in [2.75, 3.05) is 55.0 Å². The number of rotatable bonds is 5. The van der Waals surface area contributed by atoms with Crippen LogP contribution in [0.2, 0.25) is 0 Å². The highest BCUT2D eigenvalue weighted by atomic mass is 16.5. The predicted octanol–water partition coefficient (Wildman–Crippen LogP) is 3.29. The number of nitrogens with zero attached hydrogens (tertiary/aromatic N) is 4. The van der Waals surface area contributed by atoms with E-state index in [0.717, 1.165) is 54.2 Å². The number of likely N-dealkylation sites (N-methyl/N-ethyl adjacent to an activating group) is 1. The molecule has 1 amide bonds. The van der Waals surface area contributed by atoms with E-state index in [-0.39, 0.29) is 12.5 Å². The molecule has 8 heteroatoms. The minimum absolute atomic E-state index is 0.133. The number of ether oxygens (including phenoxy) is 1. The van der Waals surface area contributed by atoms with Gasteiger partial charge in [-0.3, -0.25) is 4.79 Å². The van der Waals surface area contributed by atoms with Gasteiger partial charge < -0.3 is 24.3 Å². The SMILES string of the molecule is CN(CC(=O)Nc1ccc(N2CCOCC2)cc1)c1ncnc2c1oc1ccccc12. The summed E-state index contributed by atoms with van der Waals surface area (Å²) in [6.07, 6.45) is 1.50. The molecule has 5 rings (SSSR count). The molecule has 2 aromatic carbocycles. The van der Waals surface area contributed by atoms with Crippen molar-refractivity contribution < 1.29 is 13.9 Å². The number of hydrogen-bond donors (Lipinski definition) is 1. The molecule has 1 fully saturated rings. The Kier molecular flexibility index (Phi) is 5.13. The van der Waals surface area contributed by atoms with Crippen LogP contribution in [0.25, 0.3) is 22.1 Å². The lowest BCUT2D eigenvalue weighted by Gasteiger charge is -2.28. The van der Waals surface area contributed by atoms with Gasteiger partial charge in [0, 0.05) is 36.9 Å². The van der Waals surface area contributed by atoms with Crippen molar-refractivity contribution in [2.24, 2.45) is 0 Å². The number of carbonyl (C=O) groups excluding carboxylic acids is 1. The largest absolute Gasteiger partial charge is 0.450 e. The zero-order valence-electron chi connectivity index (χ0n) is 17.2. The van der Waals surface area contributed by atoms with E-state index >= 15 is 0 Å². The van der Waals surface area contributed by atoms with Gasteiger partial charge in [0.15, 0.2) is 11.4 Å². The van der Waals surface area contributed by atoms with Crippen LogP contribution in [0.4, 0.5) is 17.2 Å². The summed E-state index contributed by atoms with van der Waals surface area (Å²) < 4.78 is 11.4. The summed E-state index contributed by atoms with van der Waals surface area (Å²) in [5.41, 5.74) is 3.96. The first-order valence-corrected chi connectivity index (χ1v) is 10.2. The molecule has 0 bridgehead atoms. The van der Waals surface area contributed by atoms with E-state index < -0.39 is 0 Å². The van der Waals surface area contributed by atoms with Crippen molar-refractivity contribution in [3.05, 3.63) is 54.9 Å². The molecule has 1 aliphatic heterocycles. The normalized spacial score (nSPS) is 14.2. The van der Waals surface area contributed by atoms with Gasteiger partial charge in [-0.05, 0) is 36.4 Å². The monoisotopic (exact) mass is 417 g/mol. The van der Waals surface area contributed by atoms with Crippen LogP contribution in [-0.2, 0) is 9.53 Å². The van der Waals surface area contributed by atoms with Gasteiger partial charge in [-0.1, -0.05) is 12.1 Å². The Hall–Kier alpha value is -3.65. The molecule has 0 unspecified atom stereocenters. The standard InChI is InChI=1S/C23H23N5O3/c1-27(23-22-21(24-15-25-23)18-4-2-3-5-19(18)31-22)14-20(29)26-16-6-8-17(9-7-16)28-10-12-30-13-11-28/h2-9,15H,10-14H2,1H3,(H,26,29). The number of para-hydroxylation sites is 1. The van der Waals surface area contributed by atoms with E-state index in [4.69, 9.17) is 9.15 Å². The quantitative estimate of drug-likeness (QED) is 0.533. The van der Waals surface area contributed by atoms with Gasteiger partial charge in [0.05, 0.1) is 19.8 Å². The minimum Gasteiger partial charge on any atom is -0.450 e. The number of nitrogens with one attached hydrogen (secondary N) is 1. The number of carbonyl (C=O) groups is 1. The van der Waals surface area contributed by atoms with Crippen molar-refractivity contribution in [3.63, 3.8) is 0 Å². The number of fused-ring (bicyclic) bond motifs is 3. The fourth-order valence-electron chi connectivity index (χ4n) is 3.85. The molecule has 4 aromatic rings. The number of hydrogen-bond acceptors (Lipinski definition) is 7. The molecular weight excluding hydrogens is 394 g/mol. The molecule has 0 atom stereocenters. The van der Waals surface area contributed by atoms with Crippen LogP contribution in [0.1, 0.15) is 0 Å². The van der Waals surface area contributed by atoms with E-state index in [9.17, 15) is 4.79 Å². The van der Waals surface area contributed by atoms with E-state index in [1.807, 2.05) is 55.6 Å². The van der Waals surface area contributed by atoms with Crippen molar-refractivity contribution >= 4 is 45.2 Å². The number of morpholine rings is 1. The maximum atomic E-state index is 12.6. The van der Waals surface area contributed by atoms with E-state index in [0.29, 0.717) is 11.4 Å². The number of amides is 1. The van der Waals surface area contributed by atoms with Gasteiger partial charge >= 0.3 is 0 Å². The fourth-order valence-corrected chi connectivity index (χ4v) is 3.85. The number of benzene rings is 2. The maximum Gasteiger partial charge on any atom is 0.243 e. The molecule has 0 saturated carbocycles. The van der Waals surface area contributed by atoms with Crippen molar-refractivity contribution in [1.82, 2.24) is 9.97 Å². The fraction of sp³-hybridized carbons (Fsp3) is 0.261. The molecule has 8 nitrogen and oxygen atoms in total. The van der Waals surface area contributed by atoms with Gasteiger partial charge in [0.25, 0.3) is 0 Å². The average molecular weight is 417 g/mol. The van der Waals surface area contributed by atoms with Crippen LogP contribution in [-0.4, -0.2) is 55.8 Å². The van der Waals surface area contributed by atoms with Gasteiger partial charge in [-0.2, -0.15) is 0 Å². The molecular formula is C23H23N5O3. The highest BCUT2D eigenvalue weighted by Crippen LogP contribution is 2.31. The van der Waals surface area contributed by atoms with Gasteiger partial charge in [-0.15, -0.1) is 0 Å². The lowest BCUT2D eigenvalue weighted by molar-refractivity contribution is -0.114. The average Bonchev–Trinajstić information content (AvgIpc) is 3.19. The Bertz CT molecular complexity index is 1220. The molecule has 2 aromatic heterocycles. The third-order valence-corrected chi connectivity index (χ3v) is 5.41. The minimum atomic E-state index is -0.135. The molecule has 0 spiro atoms.